The van der Waals surface area contributed by atoms with E-state index in [9.17, 15) is 5.21 Å². The molecule has 1 aromatic carbocycles. The van der Waals surface area contributed by atoms with Gasteiger partial charge in [0.15, 0.2) is 0 Å². The molecule has 32 heavy (non-hydrogen) atoms. The molecule has 1 aliphatic rings. The number of ether oxygens (including phenoxy) is 2. The van der Waals surface area contributed by atoms with Gasteiger partial charge >= 0.3 is 0 Å². The summed E-state index contributed by atoms with van der Waals surface area (Å²) in [6.07, 6.45) is 8.35. The molecular weight excluding hydrogens is 424 g/mol. The van der Waals surface area contributed by atoms with Crippen molar-refractivity contribution in [3.05, 3.63) is 36.9 Å². The third-order valence-electron chi connectivity index (χ3n) is 6.13. The van der Waals surface area contributed by atoms with Crippen molar-refractivity contribution in [2.24, 2.45) is 22.4 Å². The highest BCUT2D eigenvalue weighted by Crippen LogP contribution is 2.44. The summed E-state index contributed by atoms with van der Waals surface area (Å²) in [6.45, 7) is 9.49. The number of hydrogen-bond acceptors (Lipinski definition) is 7. The predicted octanol–water partition coefficient (Wildman–Crippen LogP) is 5.15. The number of nitrogens with zero attached hydrogens (tertiary/aromatic N) is 4. The second-order valence-corrected chi connectivity index (χ2v) is 10.8. The predicted molar refractivity (Wildman–Crippen MR) is 129 cm³/mol. The zero-order chi connectivity index (χ0) is 23.2. The Morgan fingerprint density at radius 1 is 1.25 bits per heavy atom. The van der Waals surface area contributed by atoms with E-state index in [0.717, 1.165) is 42.2 Å². The zero-order valence-electron chi connectivity index (χ0n) is 19.8. The normalized spacial score (nSPS) is 25.1. The first kappa shape index (κ1) is 24.4. The number of thioether (sulfide) groups is 1. The number of oxime groups is 1. The Hall–Kier alpha value is -2.22. The molecule has 3 rings (SSSR count). The van der Waals surface area contributed by atoms with Crippen molar-refractivity contribution in [3.63, 3.8) is 0 Å². The van der Waals surface area contributed by atoms with Crippen LogP contribution in [0.4, 0.5) is 0 Å². The van der Waals surface area contributed by atoms with Gasteiger partial charge in [-0.25, -0.2) is 4.98 Å². The van der Waals surface area contributed by atoms with Gasteiger partial charge in [0.2, 0.25) is 0 Å². The van der Waals surface area contributed by atoms with Crippen LogP contribution in [-0.4, -0.2) is 49.9 Å². The molecule has 1 saturated carbocycles. The Balaban J connectivity index is 1.72. The van der Waals surface area contributed by atoms with E-state index in [-0.39, 0.29) is 22.9 Å². The molecule has 1 heterocycles. The van der Waals surface area contributed by atoms with E-state index in [4.69, 9.17) is 9.47 Å². The van der Waals surface area contributed by atoms with E-state index in [1.807, 2.05) is 61.5 Å². The van der Waals surface area contributed by atoms with E-state index >= 15 is 0 Å². The second-order valence-electron chi connectivity index (χ2n) is 9.81. The fourth-order valence-electron chi connectivity index (χ4n) is 4.40. The van der Waals surface area contributed by atoms with Crippen molar-refractivity contribution in [2.45, 2.75) is 59.1 Å². The van der Waals surface area contributed by atoms with Gasteiger partial charge in [-0.15, -0.1) is 0 Å². The van der Waals surface area contributed by atoms with Gasteiger partial charge in [0.25, 0.3) is 0 Å². The van der Waals surface area contributed by atoms with Gasteiger partial charge in [-0.05, 0) is 76.3 Å². The summed E-state index contributed by atoms with van der Waals surface area (Å²) in [4.78, 5) is 4.08. The number of aromatic nitrogens is 3. The third kappa shape index (κ3) is 6.40. The van der Waals surface area contributed by atoms with Crippen molar-refractivity contribution in [2.75, 3.05) is 18.6 Å². The van der Waals surface area contributed by atoms with Crippen LogP contribution in [0.1, 0.15) is 47.0 Å². The minimum Gasteiger partial charge on any atom is -0.493 e. The molecule has 1 fully saturated rings. The summed E-state index contributed by atoms with van der Waals surface area (Å²) in [6, 6.07) is 7.77. The molecule has 176 valence electrons. The molecule has 7 nitrogen and oxygen atoms in total. The minimum absolute atomic E-state index is 0.0332. The van der Waals surface area contributed by atoms with E-state index < -0.39 is 0 Å². The molecule has 1 aliphatic carbocycles. The lowest BCUT2D eigenvalue weighted by atomic mass is 9.63. The summed E-state index contributed by atoms with van der Waals surface area (Å²) < 4.78 is 13.9. The Kier molecular flexibility index (Phi) is 8.09. The first-order chi connectivity index (χ1) is 15.2. The van der Waals surface area contributed by atoms with Crippen LogP contribution >= 0.6 is 11.8 Å². The minimum atomic E-state index is -0.234. The van der Waals surface area contributed by atoms with Crippen LogP contribution < -0.4 is 9.47 Å². The van der Waals surface area contributed by atoms with Gasteiger partial charge in [0.05, 0.1) is 18.9 Å². The van der Waals surface area contributed by atoms with Crippen molar-refractivity contribution in [1.29, 1.82) is 0 Å². The lowest BCUT2D eigenvalue weighted by Gasteiger charge is -2.43. The topological polar surface area (TPSA) is 81.8 Å². The molecule has 0 saturated heterocycles. The molecule has 0 unspecified atom stereocenters. The zero-order valence-corrected chi connectivity index (χ0v) is 20.6. The molecular formula is C24H36N4O3S. The van der Waals surface area contributed by atoms with E-state index in [2.05, 4.69) is 28.4 Å². The first-order valence-corrected chi connectivity index (χ1v) is 12.6. The summed E-state index contributed by atoms with van der Waals surface area (Å²) >= 11 is 1.83. The van der Waals surface area contributed by atoms with E-state index in [0.29, 0.717) is 13.2 Å². The van der Waals surface area contributed by atoms with E-state index in [1.54, 1.807) is 6.33 Å². The number of benzene rings is 1. The summed E-state index contributed by atoms with van der Waals surface area (Å²) in [5.74, 6) is 2.92. The maximum absolute atomic E-state index is 10.0. The third-order valence-corrected chi connectivity index (χ3v) is 6.75. The summed E-state index contributed by atoms with van der Waals surface area (Å²) in [7, 11) is 0. The Bertz CT molecular complexity index is 864. The van der Waals surface area contributed by atoms with Gasteiger partial charge in [-0.3, -0.25) is 4.68 Å². The van der Waals surface area contributed by atoms with Crippen LogP contribution in [0.25, 0.3) is 0 Å². The largest absolute Gasteiger partial charge is 0.493 e. The van der Waals surface area contributed by atoms with Crippen LogP contribution in [0, 0.1) is 17.3 Å². The molecule has 1 N–H and O–H groups in total. The fourth-order valence-corrected chi connectivity index (χ4v) is 5.06. The molecule has 0 amide bonds. The van der Waals surface area contributed by atoms with Crippen LogP contribution in [0.15, 0.2) is 42.1 Å². The Labute approximate surface area is 195 Å². The highest BCUT2D eigenvalue weighted by molar-refractivity contribution is 7.98. The molecule has 8 heteroatoms. The Morgan fingerprint density at radius 3 is 2.56 bits per heavy atom. The van der Waals surface area contributed by atoms with Crippen LogP contribution in [0.5, 0.6) is 11.5 Å². The molecule has 0 spiro atoms. The van der Waals surface area contributed by atoms with Gasteiger partial charge in [0, 0.05) is 17.3 Å². The lowest BCUT2D eigenvalue weighted by Crippen LogP contribution is -2.46. The lowest BCUT2D eigenvalue weighted by molar-refractivity contribution is 0.130. The maximum atomic E-state index is 10.0. The molecule has 0 aliphatic heterocycles. The number of hydrogen-bond donors (Lipinski definition) is 1. The highest BCUT2D eigenvalue weighted by Gasteiger charge is 2.44. The maximum Gasteiger partial charge on any atom is 0.137 e. The molecule has 1 aromatic heterocycles. The average Bonchev–Trinajstić information content (AvgIpc) is 3.25. The smallest absolute Gasteiger partial charge is 0.137 e. The van der Waals surface area contributed by atoms with Crippen molar-refractivity contribution in [1.82, 2.24) is 14.8 Å². The fraction of sp³-hybridized carbons (Fsp3) is 0.625. The quantitative estimate of drug-likeness (QED) is 0.412. The van der Waals surface area contributed by atoms with Gasteiger partial charge in [0.1, 0.15) is 29.8 Å². The van der Waals surface area contributed by atoms with Gasteiger partial charge < -0.3 is 14.7 Å². The van der Waals surface area contributed by atoms with Gasteiger partial charge in [-0.2, -0.15) is 16.9 Å². The van der Waals surface area contributed by atoms with Crippen LogP contribution in [0.2, 0.25) is 0 Å². The van der Waals surface area contributed by atoms with Crippen LogP contribution in [-0.2, 0) is 6.54 Å². The van der Waals surface area contributed by atoms with Gasteiger partial charge in [-0.1, -0.05) is 12.1 Å². The monoisotopic (exact) mass is 460 g/mol. The van der Waals surface area contributed by atoms with E-state index in [1.165, 1.54) is 6.33 Å². The average molecular weight is 461 g/mol. The van der Waals surface area contributed by atoms with Crippen molar-refractivity contribution < 1.29 is 14.7 Å². The molecule has 3 atom stereocenters. The SMILES string of the molecule is CSCC[C@]1(C)CC[C@@H](COc2ccc(OC(C)(C)C)cc2)[C@H](Cn2cncn2)/C1=N/O. The first-order valence-electron chi connectivity index (χ1n) is 11.2. The summed E-state index contributed by atoms with van der Waals surface area (Å²) in [5, 5.41) is 18.2. The number of rotatable bonds is 9. The van der Waals surface area contributed by atoms with Crippen LogP contribution in [0.3, 0.4) is 0 Å². The van der Waals surface area contributed by atoms with Crippen molar-refractivity contribution >= 4 is 17.5 Å². The highest BCUT2D eigenvalue weighted by atomic mass is 32.2. The van der Waals surface area contributed by atoms with Crippen molar-refractivity contribution in [3.8, 4) is 11.5 Å². The molecule has 0 radical (unpaired) electrons. The standard InChI is InChI=1S/C24H36N4O3S/c1-23(2,3)31-20-8-6-19(7-9-20)30-15-18-10-11-24(4,12-13-32-5)22(27-29)21(18)14-28-17-25-16-26-28/h6-9,16-18,21,29H,10-15H2,1-5H3/b27-22-/t18-,21-,24-/m0/s1. The second kappa shape index (κ2) is 10.6. The molecule has 0 bridgehead atoms. The summed E-state index contributed by atoms with van der Waals surface area (Å²) in [5.41, 5.74) is 0.504. The molecule has 2 aromatic rings. The Morgan fingerprint density at radius 2 is 1.97 bits per heavy atom.